The summed E-state index contributed by atoms with van der Waals surface area (Å²) in [6.07, 6.45) is 0.831. The van der Waals surface area contributed by atoms with Crippen LogP contribution in [0.4, 0.5) is 0 Å². The molecule has 0 amide bonds. The zero-order valence-electron chi connectivity index (χ0n) is 10.6. The normalized spacial score (nSPS) is 14.4. The lowest BCUT2D eigenvalue weighted by molar-refractivity contribution is 0.0408. The molecule has 0 fully saturated rings. The van der Waals surface area contributed by atoms with Crippen molar-refractivity contribution in [3.63, 3.8) is 0 Å². The van der Waals surface area contributed by atoms with Crippen LogP contribution in [-0.2, 0) is 4.74 Å². The van der Waals surface area contributed by atoms with Crippen molar-refractivity contribution in [2.24, 2.45) is 5.73 Å². The summed E-state index contributed by atoms with van der Waals surface area (Å²) in [5.41, 5.74) is 7.11. The van der Waals surface area contributed by atoms with Gasteiger partial charge in [-0.15, -0.1) is 0 Å². The second kappa shape index (κ2) is 6.84. The highest BCUT2D eigenvalue weighted by Gasteiger charge is 2.21. The summed E-state index contributed by atoms with van der Waals surface area (Å²) in [5.74, 6) is 0.750. The molecule has 0 bridgehead atoms. The van der Waals surface area contributed by atoms with Gasteiger partial charge in [-0.1, -0.05) is 18.5 Å². The first-order valence-corrected chi connectivity index (χ1v) is 6.22. The average molecular weight is 258 g/mol. The van der Waals surface area contributed by atoms with Crippen LogP contribution in [-0.4, -0.2) is 19.8 Å². The molecule has 4 heteroatoms. The van der Waals surface area contributed by atoms with E-state index in [0.717, 1.165) is 17.7 Å². The minimum absolute atomic E-state index is 0.0210. The zero-order chi connectivity index (χ0) is 12.8. The number of halogens is 1. The minimum atomic E-state index is -0.228. The maximum absolute atomic E-state index is 6.22. The van der Waals surface area contributed by atoms with Gasteiger partial charge in [0.25, 0.3) is 0 Å². The SMILES string of the molecule is CCOC(CC)C(N)c1cc(Cl)ccc1OC. The number of hydrogen-bond donors (Lipinski definition) is 1. The van der Waals surface area contributed by atoms with Gasteiger partial charge < -0.3 is 15.2 Å². The molecule has 1 rings (SSSR count). The van der Waals surface area contributed by atoms with Gasteiger partial charge in [0.05, 0.1) is 19.3 Å². The summed E-state index contributed by atoms with van der Waals surface area (Å²) in [6, 6.07) is 5.23. The van der Waals surface area contributed by atoms with Crippen molar-refractivity contribution < 1.29 is 9.47 Å². The molecule has 17 heavy (non-hydrogen) atoms. The lowest BCUT2D eigenvalue weighted by atomic mass is 9.99. The summed E-state index contributed by atoms with van der Waals surface area (Å²) in [7, 11) is 1.63. The van der Waals surface area contributed by atoms with E-state index in [9.17, 15) is 0 Å². The molecule has 0 aromatic heterocycles. The molecule has 0 spiro atoms. The van der Waals surface area contributed by atoms with Crippen molar-refractivity contribution in [1.29, 1.82) is 0 Å². The van der Waals surface area contributed by atoms with Gasteiger partial charge in [0.15, 0.2) is 0 Å². The Morgan fingerprint density at radius 3 is 2.59 bits per heavy atom. The van der Waals surface area contributed by atoms with Crippen molar-refractivity contribution in [3.8, 4) is 5.75 Å². The number of nitrogens with two attached hydrogens (primary N) is 1. The van der Waals surface area contributed by atoms with E-state index in [-0.39, 0.29) is 12.1 Å². The number of benzene rings is 1. The fraction of sp³-hybridized carbons (Fsp3) is 0.538. The Morgan fingerprint density at radius 1 is 1.35 bits per heavy atom. The zero-order valence-corrected chi connectivity index (χ0v) is 11.3. The van der Waals surface area contributed by atoms with Gasteiger partial charge >= 0.3 is 0 Å². The van der Waals surface area contributed by atoms with Crippen LogP contribution in [0.5, 0.6) is 5.75 Å². The summed E-state index contributed by atoms with van der Waals surface area (Å²) < 4.78 is 10.9. The van der Waals surface area contributed by atoms with E-state index in [1.165, 1.54) is 0 Å². The van der Waals surface area contributed by atoms with Crippen LogP contribution >= 0.6 is 11.6 Å². The van der Waals surface area contributed by atoms with Crippen LogP contribution in [0.1, 0.15) is 31.9 Å². The molecule has 96 valence electrons. The minimum Gasteiger partial charge on any atom is -0.496 e. The Morgan fingerprint density at radius 2 is 2.06 bits per heavy atom. The summed E-state index contributed by atoms with van der Waals surface area (Å²) in [4.78, 5) is 0. The van der Waals surface area contributed by atoms with Crippen molar-refractivity contribution in [2.45, 2.75) is 32.4 Å². The first-order chi connectivity index (χ1) is 8.13. The fourth-order valence-corrected chi connectivity index (χ4v) is 2.04. The van der Waals surface area contributed by atoms with E-state index in [0.29, 0.717) is 11.6 Å². The standard InChI is InChI=1S/C13H20ClNO2/c1-4-11(17-5-2)13(15)10-8-9(14)6-7-12(10)16-3/h6-8,11,13H,4-5,15H2,1-3H3. The number of ether oxygens (including phenoxy) is 2. The Labute approximate surface area is 108 Å². The van der Waals surface area contributed by atoms with E-state index < -0.39 is 0 Å². The molecule has 2 atom stereocenters. The smallest absolute Gasteiger partial charge is 0.123 e. The Hall–Kier alpha value is -0.770. The summed E-state index contributed by atoms with van der Waals surface area (Å²) >= 11 is 5.99. The number of rotatable bonds is 6. The van der Waals surface area contributed by atoms with E-state index >= 15 is 0 Å². The molecule has 0 saturated carbocycles. The lowest BCUT2D eigenvalue weighted by Gasteiger charge is -2.24. The van der Waals surface area contributed by atoms with Crippen molar-refractivity contribution in [3.05, 3.63) is 28.8 Å². The van der Waals surface area contributed by atoms with Gasteiger partial charge in [-0.3, -0.25) is 0 Å². The Balaban J connectivity index is 2.99. The molecule has 2 N–H and O–H groups in total. The molecule has 0 radical (unpaired) electrons. The fourth-order valence-electron chi connectivity index (χ4n) is 1.86. The second-order valence-corrected chi connectivity index (χ2v) is 4.25. The van der Waals surface area contributed by atoms with E-state index in [2.05, 4.69) is 6.92 Å². The third kappa shape index (κ3) is 3.60. The second-order valence-electron chi connectivity index (χ2n) is 3.81. The number of methoxy groups -OCH3 is 1. The molecule has 0 aliphatic carbocycles. The van der Waals surface area contributed by atoms with Gasteiger partial charge in [0.1, 0.15) is 5.75 Å². The first kappa shape index (κ1) is 14.3. The van der Waals surface area contributed by atoms with Gasteiger partial charge in [-0.25, -0.2) is 0 Å². The lowest BCUT2D eigenvalue weighted by Crippen LogP contribution is -2.28. The van der Waals surface area contributed by atoms with Crippen molar-refractivity contribution >= 4 is 11.6 Å². The van der Waals surface area contributed by atoms with E-state index in [1.54, 1.807) is 13.2 Å². The monoisotopic (exact) mass is 257 g/mol. The highest BCUT2D eigenvalue weighted by Crippen LogP contribution is 2.30. The molecule has 0 aliphatic rings. The number of hydrogen-bond acceptors (Lipinski definition) is 3. The summed E-state index contributed by atoms with van der Waals surface area (Å²) in [5, 5.41) is 0.655. The Kier molecular flexibility index (Phi) is 5.75. The van der Waals surface area contributed by atoms with Gasteiger partial charge in [-0.05, 0) is 31.5 Å². The maximum atomic E-state index is 6.22. The van der Waals surface area contributed by atoms with Gasteiger partial charge in [0, 0.05) is 17.2 Å². The molecular weight excluding hydrogens is 238 g/mol. The van der Waals surface area contributed by atoms with E-state index in [4.69, 9.17) is 26.8 Å². The first-order valence-electron chi connectivity index (χ1n) is 5.84. The van der Waals surface area contributed by atoms with E-state index in [1.807, 2.05) is 19.1 Å². The quantitative estimate of drug-likeness (QED) is 0.851. The van der Waals surface area contributed by atoms with Crippen LogP contribution in [0.15, 0.2) is 18.2 Å². The van der Waals surface area contributed by atoms with Crippen LogP contribution < -0.4 is 10.5 Å². The summed E-state index contributed by atoms with van der Waals surface area (Å²) in [6.45, 7) is 4.66. The van der Waals surface area contributed by atoms with Crippen LogP contribution in [0.3, 0.4) is 0 Å². The molecule has 0 heterocycles. The predicted molar refractivity (Wildman–Crippen MR) is 70.6 cm³/mol. The van der Waals surface area contributed by atoms with Crippen LogP contribution in [0, 0.1) is 0 Å². The largest absolute Gasteiger partial charge is 0.496 e. The van der Waals surface area contributed by atoms with Crippen molar-refractivity contribution in [1.82, 2.24) is 0 Å². The molecule has 0 aliphatic heterocycles. The molecule has 0 saturated heterocycles. The molecule has 2 unspecified atom stereocenters. The predicted octanol–water partition coefficient (Wildman–Crippen LogP) is 3.16. The topological polar surface area (TPSA) is 44.5 Å². The highest BCUT2D eigenvalue weighted by atomic mass is 35.5. The Bertz CT molecular complexity index is 357. The van der Waals surface area contributed by atoms with Crippen LogP contribution in [0.2, 0.25) is 5.02 Å². The molecule has 1 aromatic rings. The van der Waals surface area contributed by atoms with Gasteiger partial charge in [-0.2, -0.15) is 0 Å². The van der Waals surface area contributed by atoms with Crippen LogP contribution in [0.25, 0.3) is 0 Å². The molecular formula is C13H20ClNO2. The maximum Gasteiger partial charge on any atom is 0.123 e. The third-order valence-corrected chi connectivity index (χ3v) is 2.97. The average Bonchev–Trinajstić information content (AvgIpc) is 2.35. The van der Waals surface area contributed by atoms with Crippen molar-refractivity contribution in [2.75, 3.05) is 13.7 Å². The molecule has 1 aromatic carbocycles. The third-order valence-electron chi connectivity index (χ3n) is 2.73. The highest BCUT2D eigenvalue weighted by molar-refractivity contribution is 6.30. The molecule has 3 nitrogen and oxygen atoms in total. The van der Waals surface area contributed by atoms with Gasteiger partial charge in [0.2, 0.25) is 0 Å².